The zero-order chi connectivity index (χ0) is 13.2. The Morgan fingerprint density at radius 1 is 1.41 bits per heavy atom. The molecule has 0 aliphatic heterocycles. The van der Waals surface area contributed by atoms with Crippen LogP contribution in [-0.4, -0.2) is 21.0 Å². The van der Waals surface area contributed by atoms with Gasteiger partial charge in [-0.2, -0.15) is 0 Å². The second kappa shape index (κ2) is 5.22. The number of primary sulfonamides is 1. The molecule has 1 aromatic rings. The molecule has 0 radical (unpaired) electrons. The highest BCUT2D eigenvalue weighted by atomic mass is 35.5. The van der Waals surface area contributed by atoms with Crippen molar-refractivity contribution in [3.05, 3.63) is 27.7 Å². The molecule has 1 aromatic carbocycles. The molecule has 0 aromatic heterocycles. The number of sulfonamides is 1. The Hall–Kier alpha value is -0.820. The van der Waals surface area contributed by atoms with Crippen LogP contribution in [0.4, 0.5) is 0 Å². The van der Waals surface area contributed by atoms with E-state index in [-0.39, 0.29) is 27.1 Å². The number of hydrogen-bond donors (Lipinski definition) is 1. The molecule has 0 fully saturated rings. The lowest BCUT2D eigenvalue weighted by Crippen LogP contribution is -2.15. The number of benzene rings is 1. The molecule has 0 heterocycles. The van der Waals surface area contributed by atoms with Gasteiger partial charge in [0.25, 0.3) is 0 Å². The van der Waals surface area contributed by atoms with Crippen molar-refractivity contribution in [1.82, 2.24) is 0 Å². The number of rotatable bonds is 3. The molecule has 0 saturated heterocycles. The van der Waals surface area contributed by atoms with E-state index in [4.69, 9.17) is 33.1 Å². The van der Waals surface area contributed by atoms with Gasteiger partial charge >= 0.3 is 5.97 Å². The predicted molar refractivity (Wildman–Crippen MR) is 63.8 cm³/mol. The van der Waals surface area contributed by atoms with E-state index in [1.54, 1.807) is 6.92 Å². The van der Waals surface area contributed by atoms with Gasteiger partial charge in [-0.1, -0.05) is 23.2 Å². The Morgan fingerprint density at radius 3 is 2.47 bits per heavy atom. The topological polar surface area (TPSA) is 86.5 Å². The lowest BCUT2D eigenvalue weighted by molar-refractivity contribution is 0.0526. The second-order valence-corrected chi connectivity index (χ2v) is 5.31. The number of carbonyl (C=O) groups is 1. The van der Waals surface area contributed by atoms with E-state index in [0.717, 1.165) is 6.07 Å². The number of carbonyl (C=O) groups excluding carboxylic acids is 1. The van der Waals surface area contributed by atoms with Gasteiger partial charge < -0.3 is 4.74 Å². The van der Waals surface area contributed by atoms with Gasteiger partial charge in [-0.3, -0.25) is 0 Å². The van der Waals surface area contributed by atoms with Crippen LogP contribution in [0.15, 0.2) is 17.0 Å². The fraction of sp³-hybridized carbons (Fsp3) is 0.222. The zero-order valence-corrected chi connectivity index (χ0v) is 11.1. The lowest BCUT2D eigenvalue weighted by atomic mass is 10.2. The van der Waals surface area contributed by atoms with Crippen molar-refractivity contribution in [3.8, 4) is 0 Å². The smallest absolute Gasteiger partial charge is 0.341 e. The molecular formula is C9H9Cl2NO4S. The molecule has 0 atom stereocenters. The molecule has 8 heteroatoms. The second-order valence-electron chi connectivity index (χ2n) is 3.00. The van der Waals surface area contributed by atoms with Gasteiger partial charge in [0.15, 0.2) is 0 Å². The monoisotopic (exact) mass is 297 g/mol. The first-order valence-electron chi connectivity index (χ1n) is 4.47. The van der Waals surface area contributed by atoms with Gasteiger partial charge in [-0.05, 0) is 19.1 Å². The summed E-state index contributed by atoms with van der Waals surface area (Å²) in [5, 5.41) is 4.61. The van der Waals surface area contributed by atoms with E-state index in [1.165, 1.54) is 6.07 Å². The summed E-state index contributed by atoms with van der Waals surface area (Å²) in [7, 11) is -4.02. The molecule has 0 aliphatic carbocycles. The first kappa shape index (κ1) is 14.2. The summed E-state index contributed by atoms with van der Waals surface area (Å²) in [6.45, 7) is 1.72. The molecule has 0 aliphatic rings. The Labute approximate surface area is 109 Å². The number of hydrogen-bond acceptors (Lipinski definition) is 4. The molecule has 2 N–H and O–H groups in total. The predicted octanol–water partition coefficient (Wildman–Crippen LogP) is 1.82. The SMILES string of the molecule is CCOC(=O)c1c(Cl)ccc(S(N)(=O)=O)c1Cl. The lowest BCUT2D eigenvalue weighted by Gasteiger charge is -2.09. The van der Waals surface area contributed by atoms with Crippen LogP contribution in [0.25, 0.3) is 0 Å². The van der Waals surface area contributed by atoms with Crippen LogP contribution in [0.3, 0.4) is 0 Å². The summed E-state index contributed by atoms with van der Waals surface area (Å²) in [4.78, 5) is 11.2. The van der Waals surface area contributed by atoms with Gasteiger partial charge in [-0.25, -0.2) is 18.4 Å². The van der Waals surface area contributed by atoms with Crippen molar-refractivity contribution >= 4 is 39.2 Å². The average Bonchev–Trinajstić information content (AvgIpc) is 2.15. The quantitative estimate of drug-likeness (QED) is 0.862. The summed E-state index contributed by atoms with van der Waals surface area (Å²) in [6, 6.07) is 2.35. The van der Waals surface area contributed by atoms with Crippen LogP contribution in [0.5, 0.6) is 0 Å². The maximum atomic E-state index is 11.5. The minimum atomic E-state index is -4.02. The zero-order valence-electron chi connectivity index (χ0n) is 8.74. The molecule has 0 saturated carbocycles. The third kappa shape index (κ3) is 3.10. The Kier molecular flexibility index (Phi) is 4.37. The molecule has 17 heavy (non-hydrogen) atoms. The largest absolute Gasteiger partial charge is 0.462 e. The van der Waals surface area contributed by atoms with Crippen molar-refractivity contribution in [2.75, 3.05) is 6.61 Å². The van der Waals surface area contributed by atoms with E-state index in [9.17, 15) is 13.2 Å². The van der Waals surface area contributed by atoms with E-state index < -0.39 is 16.0 Å². The highest BCUT2D eigenvalue weighted by Crippen LogP contribution is 2.30. The first-order chi connectivity index (χ1) is 7.79. The minimum Gasteiger partial charge on any atom is -0.462 e. The third-order valence-corrected chi connectivity index (χ3v) is 3.61. The summed E-state index contributed by atoms with van der Waals surface area (Å²) in [5.41, 5.74) is -0.207. The van der Waals surface area contributed by atoms with Crippen LogP contribution >= 0.6 is 23.2 Å². The molecule has 0 unspecified atom stereocenters. The molecule has 0 spiro atoms. The van der Waals surface area contributed by atoms with E-state index in [0.29, 0.717) is 0 Å². The van der Waals surface area contributed by atoms with Crippen LogP contribution in [0.2, 0.25) is 10.0 Å². The maximum absolute atomic E-state index is 11.5. The van der Waals surface area contributed by atoms with Crippen molar-refractivity contribution in [2.24, 2.45) is 5.14 Å². The van der Waals surface area contributed by atoms with Crippen LogP contribution in [0, 0.1) is 0 Å². The average molecular weight is 298 g/mol. The molecule has 0 bridgehead atoms. The third-order valence-electron chi connectivity index (χ3n) is 1.84. The number of ether oxygens (including phenoxy) is 1. The van der Waals surface area contributed by atoms with E-state index in [1.807, 2.05) is 0 Å². The molecule has 5 nitrogen and oxygen atoms in total. The molecule has 0 amide bonds. The fourth-order valence-electron chi connectivity index (χ4n) is 1.14. The van der Waals surface area contributed by atoms with Crippen molar-refractivity contribution in [2.45, 2.75) is 11.8 Å². The number of nitrogens with two attached hydrogens (primary N) is 1. The van der Waals surface area contributed by atoms with Crippen molar-refractivity contribution in [3.63, 3.8) is 0 Å². The van der Waals surface area contributed by atoms with Crippen molar-refractivity contribution in [1.29, 1.82) is 0 Å². The molecule has 94 valence electrons. The Morgan fingerprint density at radius 2 is 2.00 bits per heavy atom. The number of halogens is 2. The van der Waals surface area contributed by atoms with Crippen molar-refractivity contribution < 1.29 is 17.9 Å². The Bertz CT molecular complexity index is 556. The maximum Gasteiger partial charge on any atom is 0.341 e. The first-order valence-corrected chi connectivity index (χ1v) is 6.77. The van der Waals surface area contributed by atoms with Crippen LogP contribution in [0.1, 0.15) is 17.3 Å². The summed E-state index contributed by atoms with van der Waals surface area (Å²) >= 11 is 11.5. The normalized spacial score (nSPS) is 11.3. The summed E-state index contributed by atoms with van der Waals surface area (Å²) < 4.78 is 27.1. The van der Waals surface area contributed by atoms with E-state index in [2.05, 4.69) is 0 Å². The fourth-order valence-corrected chi connectivity index (χ4v) is 2.60. The van der Waals surface area contributed by atoms with Gasteiger partial charge in [0.05, 0.1) is 22.2 Å². The summed E-state index contributed by atoms with van der Waals surface area (Å²) in [6.07, 6.45) is 0. The number of esters is 1. The van der Waals surface area contributed by atoms with Gasteiger partial charge in [0.2, 0.25) is 10.0 Å². The van der Waals surface area contributed by atoms with E-state index >= 15 is 0 Å². The van der Waals surface area contributed by atoms with Gasteiger partial charge in [0.1, 0.15) is 4.90 Å². The molecule has 1 rings (SSSR count). The molecular weight excluding hydrogens is 289 g/mol. The Balaban J connectivity index is 3.46. The highest BCUT2D eigenvalue weighted by molar-refractivity contribution is 7.89. The van der Waals surface area contributed by atoms with Gasteiger partial charge in [-0.15, -0.1) is 0 Å². The van der Waals surface area contributed by atoms with Gasteiger partial charge in [0, 0.05) is 0 Å². The highest BCUT2D eigenvalue weighted by Gasteiger charge is 2.23. The van der Waals surface area contributed by atoms with Crippen LogP contribution in [-0.2, 0) is 14.8 Å². The standard InChI is InChI=1S/C9H9Cl2NO4S/c1-2-16-9(13)7-5(10)3-4-6(8(7)11)17(12,14)15/h3-4H,2H2,1H3,(H2,12,14,15). The van der Waals surface area contributed by atoms with Crippen LogP contribution < -0.4 is 5.14 Å². The minimum absolute atomic E-state index is 0.000787. The summed E-state index contributed by atoms with van der Waals surface area (Å²) in [5.74, 6) is -0.798.